The summed E-state index contributed by atoms with van der Waals surface area (Å²) in [5.41, 5.74) is 5.31. The SMILES string of the molecule is Cc1cccc(-c2ccn(-c3cc(N4CCOCC4)c4oc(C(O)CCCNC=O)cc4n3)n2)c1. The lowest BCUT2D eigenvalue weighted by atomic mass is 10.1. The van der Waals surface area contributed by atoms with E-state index in [1.807, 2.05) is 30.5 Å². The van der Waals surface area contributed by atoms with Gasteiger partial charge < -0.3 is 24.5 Å². The fourth-order valence-corrected chi connectivity index (χ4v) is 4.34. The number of aliphatic hydroxyl groups excluding tert-OH is 1. The molecule has 182 valence electrons. The lowest BCUT2D eigenvalue weighted by Gasteiger charge is -2.29. The number of morpholine rings is 1. The van der Waals surface area contributed by atoms with Crippen LogP contribution in [0.4, 0.5) is 5.69 Å². The van der Waals surface area contributed by atoms with Crippen LogP contribution in [0.1, 0.15) is 30.3 Å². The first-order valence-electron chi connectivity index (χ1n) is 11.9. The van der Waals surface area contributed by atoms with Gasteiger partial charge in [-0.2, -0.15) is 5.10 Å². The van der Waals surface area contributed by atoms with Gasteiger partial charge in [-0.1, -0.05) is 23.8 Å². The molecule has 4 aromatic rings. The molecule has 0 spiro atoms. The average Bonchev–Trinajstić information content (AvgIpc) is 3.54. The van der Waals surface area contributed by atoms with Gasteiger partial charge in [0.25, 0.3) is 0 Å². The number of aliphatic hydroxyl groups is 1. The van der Waals surface area contributed by atoms with Gasteiger partial charge in [0.1, 0.15) is 17.4 Å². The van der Waals surface area contributed by atoms with Gasteiger partial charge in [-0.3, -0.25) is 4.79 Å². The van der Waals surface area contributed by atoms with E-state index in [0.717, 1.165) is 30.0 Å². The highest BCUT2D eigenvalue weighted by Crippen LogP contribution is 2.34. The summed E-state index contributed by atoms with van der Waals surface area (Å²) >= 11 is 0. The van der Waals surface area contributed by atoms with Crippen molar-refractivity contribution in [1.29, 1.82) is 0 Å². The first kappa shape index (κ1) is 23.1. The molecule has 0 saturated carbocycles. The molecule has 9 nitrogen and oxygen atoms in total. The van der Waals surface area contributed by atoms with E-state index in [1.165, 1.54) is 5.56 Å². The predicted molar refractivity (Wildman–Crippen MR) is 133 cm³/mol. The molecule has 1 aromatic carbocycles. The maximum atomic E-state index is 10.7. The van der Waals surface area contributed by atoms with E-state index in [9.17, 15) is 9.90 Å². The van der Waals surface area contributed by atoms with E-state index in [-0.39, 0.29) is 0 Å². The van der Waals surface area contributed by atoms with Crippen LogP contribution < -0.4 is 10.2 Å². The molecule has 1 amide bonds. The van der Waals surface area contributed by atoms with Crippen LogP contribution in [0.5, 0.6) is 0 Å². The van der Waals surface area contributed by atoms with Gasteiger partial charge >= 0.3 is 0 Å². The maximum Gasteiger partial charge on any atom is 0.207 e. The summed E-state index contributed by atoms with van der Waals surface area (Å²) in [4.78, 5) is 17.5. The molecule has 4 heterocycles. The average molecular weight is 476 g/mol. The predicted octanol–water partition coefficient (Wildman–Crippen LogP) is 3.39. The second-order valence-corrected chi connectivity index (χ2v) is 8.71. The Labute approximate surface area is 203 Å². The number of hydrogen-bond acceptors (Lipinski definition) is 7. The summed E-state index contributed by atoms with van der Waals surface area (Å²) in [6.07, 6.45) is 2.90. The molecule has 1 saturated heterocycles. The monoisotopic (exact) mass is 475 g/mol. The van der Waals surface area contributed by atoms with E-state index in [0.29, 0.717) is 61.7 Å². The van der Waals surface area contributed by atoms with Crippen molar-refractivity contribution >= 4 is 23.2 Å². The number of rotatable bonds is 9. The summed E-state index contributed by atoms with van der Waals surface area (Å²) in [7, 11) is 0. The third kappa shape index (κ3) is 5.06. The fraction of sp³-hybridized carbons (Fsp3) is 0.346. The van der Waals surface area contributed by atoms with Crippen molar-refractivity contribution in [1.82, 2.24) is 20.1 Å². The number of pyridine rings is 1. The standard InChI is InChI=1S/C26H29N5O4/c1-18-4-2-5-19(14-18)20-7-9-31(29-20)25-16-22(30-10-12-34-13-11-30)26-21(28-25)15-24(35-26)23(33)6-3-8-27-17-32/h2,4-5,7,9,14-17,23,33H,3,6,8,10-13H2,1H3,(H,27,32). The minimum atomic E-state index is -0.781. The topological polar surface area (TPSA) is 106 Å². The van der Waals surface area contributed by atoms with Gasteiger partial charge in [0.15, 0.2) is 11.4 Å². The van der Waals surface area contributed by atoms with E-state index < -0.39 is 6.10 Å². The van der Waals surface area contributed by atoms with Crippen LogP contribution in [-0.4, -0.2) is 59.1 Å². The van der Waals surface area contributed by atoms with E-state index in [2.05, 4.69) is 29.3 Å². The summed E-state index contributed by atoms with van der Waals surface area (Å²) < 4.78 is 13.4. The molecule has 5 rings (SSSR count). The van der Waals surface area contributed by atoms with E-state index in [1.54, 1.807) is 10.7 Å². The zero-order valence-corrected chi connectivity index (χ0v) is 19.7. The van der Waals surface area contributed by atoms with Crippen LogP contribution in [-0.2, 0) is 9.53 Å². The van der Waals surface area contributed by atoms with Crippen molar-refractivity contribution < 1.29 is 19.1 Å². The van der Waals surface area contributed by atoms with Crippen LogP contribution >= 0.6 is 0 Å². The molecule has 2 N–H and O–H groups in total. The molecule has 0 bridgehead atoms. The summed E-state index contributed by atoms with van der Waals surface area (Å²) in [5.74, 6) is 1.14. The first-order chi connectivity index (χ1) is 17.1. The molecule has 0 radical (unpaired) electrons. The van der Waals surface area contributed by atoms with Gasteiger partial charge in [0.2, 0.25) is 6.41 Å². The number of ether oxygens (including phenoxy) is 1. The number of amides is 1. The van der Waals surface area contributed by atoms with Crippen molar-refractivity contribution in [3.63, 3.8) is 0 Å². The number of furan rings is 1. The molecule has 1 aliphatic heterocycles. The smallest absolute Gasteiger partial charge is 0.207 e. The molecular formula is C26H29N5O4. The van der Waals surface area contributed by atoms with Crippen molar-refractivity contribution in [2.45, 2.75) is 25.9 Å². The number of hydrogen-bond donors (Lipinski definition) is 2. The Morgan fingerprint density at radius 3 is 2.86 bits per heavy atom. The number of anilines is 1. The number of aromatic nitrogens is 3. The van der Waals surface area contributed by atoms with E-state index in [4.69, 9.17) is 19.2 Å². The Balaban J connectivity index is 1.50. The summed E-state index contributed by atoms with van der Waals surface area (Å²) in [6, 6.07) is 14.0. The molecule has 1 aliphatic rings. The second kappa shape index (κ2) is 10.3. The number of carbonyl (C=O) groups is 1. The third-order valence-electron chi connectivity index (χ3n) is 6.16. The highest BCUT2D eigenvalue weighted by molar-refractivity contribution is 5.88. The van der Waals surface area contributed by atoms with Gasteiger partial charge in [-0.15, -0.1) is 0 Å². The Hall–Kier alpha value is -3.69. The lowest BCUT2D eigenvalue weighted by molar-refractivity contribution is -0.109. The molecular weight excluding hydrogens is 446 g/mol. The quantitative estimate of drug-likeness (QED) is 0.282. The number of fused-ring (bicyclic) bond motifs is 1. The normalized spacial score (nSPS) is 14.9. The van der Waals surface area contributed by atoms with Crippen LogP contribution in [0.3, 0.4) is 0 Å². The Bertz CT molecular complexity index is 1310. The first-order valence-corrected chi connectivity index (χ1v) is 11.9. The van der Waals surface area contributed by atoms with Gasteiger partial charge in [0, 0.05) is 43.5 Å². The number of carbonyl (C=O) groups excluding carboxylic acids is 1. The Morgan fingerprint density at radius 1 is 1.20 bits per heavy atom. The maximum absolute atomic E-state index is 10.7. The Kier molecular flexibility index (Phi) is 6.78. The second-order valence-electron chi connectivity index (χ2n) is 8.71. The van der Waals surface area contributed by atoms with Crippen LogP contribution in [0.2, 0.25) is 0 Å². The lowest BCUT2D eigenvalue weighted by Crippen LogP contribution is -2.36. The number of aryl methyl sites for hydroxylation is 1. The summed E-state index contributed by atoms with van der Waals surface area (Å²) in [5, 5.41) is 18.1. The molecule has 1 unspecified atom stereocenters. The van der Waals surface area contributed by atoms with Gasteiger partial charge in [-0.25, -0.2) is 9.67 Å². The molecule has 3 aromatic heterocycles. The molecule has 9 heteroatoms. The zero-order valence-electron chi connectivity index (χ0n) is 19.7. The van der Waals surface area contributed by atoms with Crippen molar-refractivity contribution in [2.24, 2.45) is 0 Å². The third-order valence-corrected chi connectivity index (χ3v) is 6.16. The van der Waals surface area contributed by atoms with Gasteiger partial charge in [-0.05, 0) is 31.9 Å². The Morgan fingerprint density at radius 2 is 2.06 bits per heavy atom. The zero-order chi connectivity index (χ0) is 24.2. The number of benzene rings is 1. The van der Waals surface area contributed by atoms with Crippen molar-refractivity contribution in [3.8, 4) is 17.1 Å². The summed E-state index contributed by atoms with van der Waals surface area (Å²) in [6.45, 7) is 5.32. The van der Waals surface area contributed by atoms with Crippen LogP contribution in [0, 0.1) is 6.92 Å². The largest absolute Gasteiger partial charge is 0.454 e. The molecule has 1 atom stereocenters. The number of nitrogens with one attached hydrogen (secondary N) is 1. The molecule has 35 heavy (non-hydrogen) atoms. The number of nitrogens with zero attached hydrogens (tertiary/aromatic N) is 4. The minimum absolute atomic E-state index is 0.464. The van der Waals surface area contributed by atoms with E-state index >= 15 is 0 Å². The molecule has 0 aliphatic carbocycles. The van der Waals surface area contributed by atoms with Gasteiger partial charge in [0.05, 0.1) is 24.6 Å². The minimum Gasteiger partial charge on any atom is -0.454 e. The highest BCUT2D eigenvalue weighted by atomic mass is 16.5. The van der Waals surface area contributed by atoms with Crippen LogP contribution in [0.15, 0.2) is 53.1 Å². The highest BCUT2D eigenvalue weighted by Gasteiger charge is 2.22. The molecule has 1 fully saturated rings. The van der Waals surface area contributed by atoms with Crippen molar-refractivity contribution in [3.05, 3.63) is 60.0 Å². The fourth-order valence-electron chi connectivity index (χ4n) is 4.34. The van der Waals surface area contributed by atoms with Crippen LogP contribution in [0.25, 0.3) is 28.2 Å². The van der Waals surface area contributed by atoms with Crippen molar-refractivity contribution in [2.75, 3.05) is 37.7 Å².